The Labute approximate surface area is 297 Å². The highest BCUT2D eigenvalue weighted by molar-refractivity contribution is 5.80. The van der Waals surface area contributed by atoms with Crippen LogP contribution in [0.3, 0.4) is 0 Å². The maximum absolute atomic E-state index is 12.4. The number of unbranched alkanes of at least 4 members (excludes halogenated alkanes) is 22. The van der Waals surface area contributed by atoms with Gasteiger partial charge in [0, 0.05) is 0 Å². The molecule has 0 aromatic heterocycles. The number of aliphatic hydroxyl groups is 3. The summed E-state index contributed by atoms with van der Waals surface area (Å²) in [6.07, 6.45) is 48.5. The average Bonchev–Trinajstić information content (AvgIpc) is 3.09. The highest BCUT2D eigenvalue weighted by Gasteiger charge is 2.22. The molecular formula is C43H79NO4. The van der Waals surface area contributed by atoms with E-state index >= 15 is 0 Å². The predicted molar refractivity (Wildman–Crippen MR) is 208 cm³/mol. The number of allylic oxidation sites excluding steroid dienone is 7. The Morgan fingerprint density at radius 3 is 1.27 bits per heavy atom. The normalized spacial score (nSPS) is 14.2. The number of nitrogens with one attached hydrogen (secondary N) is 1. The van der Waals surface area contributed by atoms with Crippen molar-refractivity contribution in [2.24, 2.45) is 0 Å². The number of rotatable bonds is 36. The van der Waals surface area contributed by atoms with Crippen molar-refractivity contribution in [2.75, 3.05) is 6.61 Å². The Morgan fingerprint density at radius 1 is 0.500 bits per heavy atom. The molecule has 48 heavy (non-hydrogen) atoms. The zero-order valence-corrected chi connectivity index (χ0v) is 31.6. The quantitative estimate of drug-likeness (QED) is 0.0393. The van der Waals surface area contributed by atoms with Crippen LogP contribution in [0.25, 0.3) is 0 Å². The van der Waals surface area contributed by atoms with E-state index in [0.29, 0.717) is 6.42 Å². The minimum Gasteiger partial charge on any atom is -0.394 e. The summed E-state index contributed by atoms with van der Waals surface area (Å²) < 4.78 is 0. The van der Waals surface area contributed by atoms with Gasteiger partial charge in [-0.2, -0.15) is 0 Å². The maximum atomic E-state index is 12.4. The first-order chi connectivity index (χ1) is 23.6. The third kappa shape index (κ3) is 32.8. The Kier molecular flexibility index (Phi) is 36.8. The van der Waals surface area contributed by atoms with Gasteiger partial charge in [0.1, 0.15) is 6.10 Å². The van der Waals surface area contributed by atoms with Gasteiger partial charge < -0.3 is 20.6 Å². The van der Waals surface area contributed by atoms with Gasteiger partial charge in [0.05, 0.1) is 18.8 Å². The summed E-state index contributed by atoms with van der Waals surface area (Å²) >= 11 is 0. The molecular weight excluding hydrogens is 594 g/mol. The summed E-state index contributed by atoms with van der Waals surface area (Å²) in [7, 11) is 0. The van der Waals surface area contributed by atoms with Crippen LogP contribution in [0, 0.1) is 0 Å². The van der Waals surface area contributed by atoms with Crippen molar-refractivity contribution in [3.63, 3.8) is 0 Å². The van der Waals surface area contributed by atoms with Gasteiger partial charge in [0.2, 0.25) is 5.91 Å². The Morgan fingerprint density at radius 2 is 0.854 bits per heavy atom. The fourth-order valence-electron chi connectivity index (χ4n) is 5.86. The first kappa shape index (κ1) is 46.3. The number of hydrogen-bond donors (Lipinski definition) is 4. The molecule has 0 bridgehead atoms. The van der Waals surface area contributed by atoms with Crippen LogP contribution in [-0.2, 0) is 4.79 Å². The molecule has 0 aromatic carbocycles. The highest BCUT2D eigenvalue weighted by Crippen LogP contribution is 2.13. The van der Waals surface area contributed by atoms with Crippen LogP contribution >= 0.6 is 0 Å². The van der Waals surface area contributed by atoms with E-state index in [4.69, 9.17) is 0 Å². The molecule has 0 saturated heterocycles. The Hall–Kier alpha value is -1.69. The Bertz CT molecular complexity index is 790. The molecule has 280 valence electrons. The molecule has 0 heterocycles. The number of amides is 1. The molecule has 0 aromatic rings. The van der Waals surface area contributed by atoms with E-state index in [-0.39, 0.29) is 6.61 Å². The molecule has 5 nitrogen and oxygen atoms in total. The lowest BCUT2D eigenvalue weighted by molar-refractivity contribution is -0.131. The van der Waals surface area contributed by atoms with Crippen molar-refractivity contribution < 1.29 is 20.1 Å². The van der Waals surface area contributed by atoms with E-state index in [1.807, 2.05) is 6.08 Å². The van der Waals surface area contributed by atoms with Gasteiger partial charge in [-0.3, -0.25) is 4.79 Å². The van der Waals surface area contributed by atoms with E-state index in [0.717, 1.165) is 57.8 Å². The van der Waals surface area contributed by atoms with Gasteiger partial charge in [-0.1, -0.05) is 172 Å². The van der Waals surface area contributed by atoms with Crippen LogP contribution in [0.2, 0.25) is 0 Å². The predicted octanol–water partition coefficient (Wildman–Crippen LogP) is 11.4. The van der Waals surface area contributed by atoms with Crippen LogP contribution in [0.5, 0.6) is 0 Å². The van der Waals surface area contributed by atoms with Crippen LogP contribution in [0.4, 0.5) is 0 Å². The average molecular weight is 674 g/mol. The van der Waals surface area contributed by atoms with E-state index < -0.39 is 24.2 Å². The maximum Gasteiger partial charge on any atom is 0.249 e. The minimum absolute atomic E-state index is 0.386. The molecule has 0 rings (SSSR count). The van der Waals surface area contributed by atoms with Gasteiger partial charge in [0.25, 0.3) is 0 Å². The fourth-order valence-corrected chi connectivity index (χ4v) is 5.86. The van der Waals surface area contributed by atoms with Gasteiger partial charge in [-0.05, 0) is 70.6 Å². The minimum atomic E-state index is -1.12. The van der Waals surface area contributed by atoms with E-state index in [9.17, 15) is 20.1 Å². The summed E-state index contributed by atoms with van der Waals surface area (Å²) in [6.45, 7) is 4.14. The molecule has 4 N–H and O–H groups in total. The second-order valence-corrected chi connectivity index (χ2v) is 13.8. The largest absolute Gasteiger partial charge is 0.394 e. The van der Waals surface area contributed by atoms with Crippen molar-refractivity contribution in [3.05, 3.63) is 48.6 Å². The molecule has 0 aliphatic rings. The zero-order valence-electron chi connectivity index (χ0n) is 31.6. The van der Waals surface area contributed by atoms with Crippen molar-refractivity contribution in [1.29, 1.82) is 0 Å². The number of carbonyl (C=O) groups excluding carboxylic acids is 1. The molecule has 0 fully saturated rings. The van der Waals surface area contributed by atoms with Crippen molar-refractivity contribution >= 4 is 5.91 Å². The Balaban J connectivity index is 3.82. The summed E-state index contributed by atoms with van der Waals surface area (Å²) in [5.74, 6) is -0.528. The first-order valence-corrected chi connectivity index (χ1v) is 20.5. The molecule has 3 unspecified atom stereocenters. The van der Waals surface area contributed by atoms with Gasteiger partial charge >= 0.3 is 0 Å². The van der Waals surface area contributed by atoms with Gasteiger partial charge in [0.15, 0.2) is 0 Å². The van der Waals surface area contributed by atoms with Gasteiger partial charge in [-0.25, -0.2) is 0 Å². The summed E-state index contributed by atoms with van der Waals surface area (Å²) in [4.78, 5) is 12.4. The lowest BCUT2D eigenvalue weighted by Gasteiger charge is -2.21. The van der Waals surface area contributed by atoms with E-state index in [2.05, 4.69) is 55.6 Å². The van der Waals surface area contributed by atoms with E-state index in [1.165, 1.54) is 116 Å². The van der Waals surface area contributed by atoms with Crippen LogP contribution in [-0.4, -0.2) is 46.1 Å². The topological polar surface area (TPSA) is 89.8 Å². The molecule has 0 radical (unpaired) electrons. The molecule has 0 aliphatic carbocycles. The monoisotopic (exact) mass is 674 g/mol. The molecule has 5 heteroatoms. The number of aliphatic hydroxyl groups excluding tert-OH is 3. The molecule has 0 spiro atoms. The zero-order chi connectivity index (χ0) is 35.2. The second kappa shape index (κ2) is 38.1. The van der Waals surface area contributed by atoms with Gasteiger partial charge in [-0.15, -0.1) is 0 Å². The van der Waals surface area contributed by atoms with Crippen LogP contribution in [0.15, 0.2) is 48.6 Å². The molecule has 0 saturated carbocycles. The summed E-state index contributed by atoms with van der Waals surface area (Å²) in [5, 5.41) is 33.0. The molecule has 0 aliphatic heterocycles. The second-order valence-electron chi connectivity index (χ2n) is 13.8. The molecule has 3 atom stereocenters. The van der Waals surface area contributed by atoms with Crippen LogP contribution in [0.1, 0.15) is 194 Å². The summed E-state index contributed by atoms with van der Waals surface area (Å²) in [5.41, 5.74) is 0. The van der Waals surface area contributed by atoms with Crippen molar-refractivity contribution in [2.45, 2.75) is 212 Å². The smallest absolute Gasteiger partial charge is 0.249 e. The summed E-state index contributed by atoms with van der Waals surface area (Å²) in [6, 6.07) is -0.825. The fraction of sp³-hybridized carbons (Fsp3) is 0.791. The third-order valence-electron chi connectivity index (χ3n) is 9.12. The number of carbonyl (C=O) groups is 1. The SMILES string of the molecule is CCCCCCCCC/C=C\CCCCCCC(O)C(=O)NC(CO)C(O)/C=C/CC/C=C/CC/C=C/CCCCCCCCCCC. The van der Waals surface area contributed by atoms with E-state index in [1.54, 1.807) is 6.08 Å². The lowest BCUT2D eigenvalue weighted by atomic mass is 10.1. The van der Waals surface area contributed by atoms with Crippen molar-refractivity contribution in [3.8, 4) is 0 Å². The number of hydrogen-bond acceptors (Lipinski definition) is 4. The van der Waals surface area contributed by atoms with Crippen molar-refractivity contribution in [1.82, 2.24) is 5.32 Å². The lowest BCUT2D eigenvalue weighted by Crippen LogP contribution is -2.48. The standard InChI is InChI=1S/C43H79NO4/c1-3-5-7-9-11-13-15-17-19-20-21-22-24-25-27-29-31-33-35-37-41(46)40(39-45)44-43(48)42(47)38-36-34-32-30-28-26-23-18-16-14-12-10-8-6-4-2/h21-23,26-27,29,35,37,40-42,45-47H,3-20,24-25,28,30-34,36,38-39H2,1-2H3,(H,44,48)/b22-21+,26-23-,29-27+,37-35+. The first-order valence-electron chi connectivity index (χ1n) is 20.5. The molecule has 1 amide bonds. The van der Waals surface area contributed by atoms with Crippen LogP contribution < -0.4 is 5.32 Å². The third-order valence-corrected chi connectivity index (χ3v) is 9.12. The highest BCUT2D eigenvalue weighted by atomic mass is 16.3.